The number of nitrogens with two attached hydrogens (primary N) is 1. The van der Waals surface area contributed by atoms with E-state index in [1.807, 2.05) is 0 Å². The summed E-state index contributed by atoms with van der Waals surface area (Å²) in [6, 6.07) is 3.21. The van der Waals surface area contributed by atoms with Crippen molar-refractivity contribution in [3.63, 3.8) is 0 Å². The van der Waals surface area contributed by atoms with Crippen LogP contribution in [0.2, 0.25) is 0 Å². The van der Waals surface area contributed by atoms with Crippen molar-refractivity contribution in [1.82, 2.24) is 0 Å². The third-order valence-corrected chi connectivity index (χ3v) is 3.71. The van der Waals surface area contributed by atoms with E-state index in [0.29, 0.717) is 6.61 Å². The molecule has 2 N–H and O–H groups in total. The summed E-state index contributed by atoms with van der Waals surface area (Å²) in [5.41, 5.74) is 7.77. The van der Waals surface area contributed by atoms with Gasteiger partial charge in [0.1, 0.15) is 0 Å². The minimum absolute atomic E-state index is 0.243. The van der Waals surface area contributed by atoms with Gasteiger partial charge in [-0.25, -0.2) is 4.39 Å². The van der Waals surface area contributed by atoms with Crippen LogP contribution >= 0.6 is 0 Å². The Morgan fingerprint density at radius 3 is 2.50 bits per heavy atom. The van der Waals surface area contributed by atoms with Gasteiger partial charge in [-0.15, -0.1) is 0 Å². The average molecular weight is 253 g/mol. The van der Waals surface area contributed by atoms with Gasteiger partial charge in [0.25, 0.3) is 0 Å². The predicted octanol–water partition coefficient (Wildman–Crippen LogP) is 2.71. The normalized spacial score (nSPS) is 18.0. The summed E-state index contributed by atoms with van der Waals surface area (Å²) in [6.07, 6.45) is 3.98. The minimum atomic E-state index is -0.416. The number of rotatable bonds is 4. The molecule has 0 bridgehead atoms. The van der Waals surface area contributed by atoms with E-state index in [4.69, 9.17) is 15.2 Å². The summed E-state index contributed by atoms with van der Waals surface area (Å²) in [5.74, 6) is -0.114. The summed E-state index contributed by atoms with van der Waals surface area (Å²) >= 11 is 0. The van der Waals surface area contributed by atoms with Crippen molar-refractivity contribution in [1.29, 1.82) is 0 Å². The SMILES string of the molecule is COCc1cc(OC)c(F)cc1C1(N)CCCC1. The number of benzene rings is 1. The first-order valence-corrected chi connectivity index (χ1v) is 6.25. The molecule has 0 radical (unpaired) electrons. The van der Waals surface area contributed by atoms with Gasteiger partial charge in [0.05, 0.1) is 13.7 Å². The number of hydrogen-bond acceptors (Lipinski definition) is 3. The van der Waals surface area contributed by atoms with Gasteiger partial charge in [0.2, 0.25) is 0 Å². The molecule has 1 aromatic rings. The van der Waals surface area contributed by atoms with Crippen LogP contribution in [0, 0.1) is 5.82 Å². The zero-order valence-electron chi connectivity index (χ0n) is 11.0. The van der Waals surface area contributed by atoms with Gasteiger partial charge < -0.3 is 15.2 Å². The molecular weight excluding hydrogens is 233 g/mol. The van der Waals surface area contributed by atoms with Gasteiger partial charge in [-0.2, -0.15) is 0 Å². The van der Waals surface area contributed by atoms with Gasteiger partial charge in [-0.05, 0) is 36.1 Å². The first-order valence-electron chi connectivity index (χ1n) is 6.25. The van der Waals surface area contributed by atoms with E-state index in [0.717, 1.165) is 36.8 Å². The van der Waals surface area contributed by atoms with Crippen LogP contribution in [0.4, 0.5) is 4.39 Å². The minimum Gasteiger partial charge on any atom is -0.494 e. The van der Waals surface area contributed by atoms with Gasteiger partial charge in [0.15, 0.2) is 11.6 Å². The quantitative estimate of drug-likeness (QED) is 0.897. The summed E-state index contributed by atoms with van der Waals surface area (Å²) in [5, 5.41) is 0. The molecule has 0 heterocycles. The molecule has 0 aromatic heterocycles. The molecule has 1 aliphatic carbocycles. The molecule has 18 heavy (non-hydrogen) atoms. The zero-order chi connectivity index (χ0) is 13.2. The van der Waals surface area contributed by atoms with E-state index in [1.54, 1.807) is 13.2 Å². The van der Waals surface area contributed by atoms with E-state index >= 15 is 0 Å². The predicted molar refractivity (Wildman–Crippen MR) is 68.0 cm³/mol. The fourth-order valence-electron chi connectivity index (χ4n) is 2.77. The Labute approximate surface area is 107 Å². The van der Waals surface area contributed by atoms with E-state index < -0.39 is 5.54 Å². The fourth-order valence-corrected chi connectivity index (χ4v) is 2.77. The molecule has 1 aromatic carbocycles. The maximum Gasteiger partial charge on any atom is 0.165 e. The standard InChI is InChI=1S/C14H20FNO2/c1-17-9-10-7-13(18-2)12(15)8-11(10)14(16)5-3-4-6-14/h7-8H,3-6,9,16H2,1-2H3. The smallest absolute Gasteiger partial charge is 0.165 e. The molecule has 2 rings (SSSR count). The van der Waals surface area contributed by atoms with Crippen molar-refractivity contribution in [2.75, 3.05) is 14.2 Å². The molecule has 0 atom stereocenters. The Bertz CT molecular complexity index is 428. The summed E-state index contributed by atoms with van der Waals surface area (Å²) < 4.78 is 24.1. The Morgan fingerprint density at radius 2 is 1.94 bits per heavy atom. The topological polar surface area (TPSA) is 44.5 Å². The molecule has 0 saturated heterocycles. The molecule has 1 fully saturated rings. The van der Waals surface area contributed by atoms with Crippen molar-refractivity contribution in [2.24, 2.45) is 5.73 Å². The van der Waals surface area contributed by atoms with Gasteiger partial charge >= 0.3 is 0 Å². The third-order valence-electron chi connectivity index (χ3n) is 3.71. The van der Waals surface area contributed by atoms with Crippen LogP contribution in [0.5, 0.6) is 5.75 Å². The van der Waals surface area contributed by atoms with Crippen LogP contribution in [-0.4, -0.2) is 14.2 Å². The summed E-state index contributed by atoms with van der Waals surface area (Å²) in [4.78, 5) is 0. The first-order chi connectivity index (χ1) is 8.60. The molecule has 100 valence electrons. The number of ether oxygens (including phenoxy) is 2. The molecule has 4 heteroatoms. The molecule has 1 aliphatic rings. The third kappa shape index (κ3) is 2.35. The van der Waals surface area contributed by atoms with Crippen LogP contribution < -0.4 is 10.5 Å². The van der Waals surface area contributed by atoms with Crippen molar-refractivity contribution >= 4 is 0 Å². The zero-order valence-corrected chi connectivity index (χ0v) is 11.0. The molecule has 0 spiro atoms. The van der Waals surface area contributed by atoms with E-state index in [1.165, 1.54) is 13.2 Å². The van der Waals surface area contributed by atoms with E-state index in [-0.39, 0.29) is 11.6 Å². The van der Waals surface area contributed by atoms with Crippen LogP contribution in [0.25, 0.3) is 0 Å². The molecular formula is C14H20FNO2. The van der Waals surface area contributed by atoms with E-state index in [9.17, 15) is 4.39 Å². The van der Waals surface area contributed by atoms with Crippen molar-refractivity contribution < 1.29 is 13.9 Å². The van der Waals surface area contributed by atoms with Crippen LogP contribution in [-0.2, 0) is 16.9 Å². The lowest BCUT2D eigenvalue weighted by atomic mass is 9.86. The molecule has 0 aliphatic heterocycles. The monoisotopic (exact) mass is 253 g/mol. The fraction of sp³-hybridized carbons (Fsp3) is 0.571. The van der Waals surface area contributed by atoms with Crippen molar-refractivity contribution in [2.45, 2.75) is 37.8 Å². The summed E-state index contributed by atoms with van der Waals surface area (Å²) in [6.45, 7) is 0.422. The lowest BCUT2D eigenvalue weighted by Gasteiger charge is -2.27. The van der Waals surface area contributed by atoms with Gasteiger partial charge in [0, 0.05) is 12.6 Å². The summed E-state index contributed by atoms with van der Waals surface area (Å²) in [7, 11) is 3.08. The Morgan fingerprint density at radius 1 is 1.28 bits per heavy atom. The number of hydrogen-bond donors (Lipinski definition) is 1. The maximum absolute atomic E-state index is 13.9. The Balaban J connectivity index is 2.47. The second-order valence-corrected chi connectivity index (χ2v) is 4.94. The number of methoxy groups -OCH3 is 2. The largest absolute Gasteiger partial charge is 0.494 e. The van der Waals surface area contributed by atoms with Crippen LogP contribution in [0.15, 0.2) is 12.1 Å². The number of halogens is 1. The lowest BCUT2D eigenvalue weighted by molar-refractivity contribution is 0.182. The average Bonchev–Trinajstić information content (AvgIpc) is 2.79. The van der Waals surface area contributed by atoms with Crippen molar-refractivity contribution in [3.8, 4) is 5.75 Å². The van der Waals surface area contributed by atoms with Gasteiger partial charge in [-0.3, -0.25) is 0 Å². The van der Waals surface area contributed by atoms with Crippen LogP contribution in [0.3, 0.4) is 0 Å². The second-order valence-electron chi connectivity index (χ2n) is 4.94. The van der Waals surface area contributed by atoms with Gasteiger partial charge in [-0.1, -0.05) is 12.8 Å². The molecule has 0 amide bonds. The highest BCUT2D eigenvalue weighted by molar-refractivity contribution is 5.41. The molecule has 0 unspecified atom stereocenters. The van der Waals surface area contributed by atoms with Crippen LogP contribution in [0.1, 0.15) is 36.8 Å². The first kappa shape index (κ1) is 13.3. The Kier molecular flexibility index (Phi) is 3.88. The highest BCUT2D eigenvalue weighted by atomic mass is 19.1. The second kappa shape index (κ2) is 5.24. The molecule has 1 saturated carbocycles. The molecule has 3 nitrogen and oxygen atoms in total. The lowest BCUT2D eigenvalue weighted by Crippen LogP contribution is -2.34. The highest BCUT2D eigenvalue weighted by Crippen LogP contribution is 2.39. The Hall–Kier alpha value is -1.13. The highest BCUT2D eigenvalue weighted by Gasteiger charge is 2.34. The van der Waals surface area contributed by atoms with Crippen molar-refractivity contribution in [3.05, 3.63) is 29.1 Å². The van der Waals surface area contributed by atoms with E-state index in [2.05, 4.69) is 0 Å². The maximum atomic E-state index is 13.9.